The molecule has 0 aliphatic heterocycles. The highest BCUT2D eigenvalue weighted by Gasteiger charge is 1.88. The Balaban J connectivity index is 0. The molecule has 0 unspecified atom stereocenters. The maximum atomic E-state index is 9.74. The van der Waals surface area contributed by atoms with Crippen molar-refractivity contribution in [3.8, 4) is 0 Å². The zero-order valence-electron chi connectivity index (χ0n) is 8.86. The van der Waals surface area contributed by atoms with Gasteiger partial charge in [0.25, 0.3) is 0 Å². The number of rotatable bonds is 5. The lowest BCUT2D eigenvalue weighted by Crippen LogP contribution is -1.97. The Hall–Kier alpha value is -0.810. The first-order valence-electron chi connectivity index (χ1n) is 4.56. The minimum atomic E-state index is -0.657. The molecule has 2 N–H and O–H groups in total. The van der Waals surface area contributed by atoms with Gasteiger partial charge in [-0.25, -0.2) is 4.79 Å². The average Bonchev–Trinajstić information content (AvgIpc) is 2.24. The predicted octanol–water partition coefficient (Wildman–Crippen LogP) is 0.931. The van der Waals surface area contributed by atoms with Crippen LogP contribution in [0.4, 0.5) is 4.79 Å². The third kappa shape index (κ3) is 17.3. The van der Waals surface area contributed by atoms with E-state index in [0.29, 0.717) is 0 Å². The molecule has 0 amide bonds. The Morgan fingerprint density at radius 3 is 1.43 bits per heavy atom. The highest BCUT2D eigenvalue weighted by atomic mass is 16.7. The van der Waals surface area contributed by atoms with E-state index in [0.717, 1.165) is 25.7 Å². The molecule has 0 fully saturated rings. The average molecular weight is 208 g/mol. The third-order valence-corrected chi connectivity index (χ3v) is 1.40. The Morgan fingerprint density at radius 2 is 1.29 bits per heavy atom. The van der Waals surface area contributed by atoms with Crippen LogP contribution in [0.3, 0.4) is 0 Å². The molecule has 0 aromatic heterocycles. The fourth-order valence-corrected chi connectivity index (χ4v) is 0.660. The predicted molar refractivity (Wildman–Crippen MR) is 52.1 cm³/mol. The maximum absolute atomic E-state index is 9.74. The lowest BCUT2D eigenvalue weighted by Gasteiger charge is -1.93. The van der Waals surface area contributed by atoms with Crippen molar-refractivity contribution < 1.29 is 24.5 Å². The number of carbonyl (C=O) groups is 1. The van der Waals surface area contributed by atoms with Gasteiger partial charge in [-0.1, -0.05) is 12.8 Å². The largest absolute Gasteiger partial charge is 0.507 e. The monoisotopic (exact) mass is 208 g/mol. The number of unbranched alkanes of at least 4 members (excludes halogenated alkanes) is 3. The van der Waals surface area contributed by atoms with Crippen molar-refractivity contribution in [2.75, 3.05) is 27.4 Å². The number of ether oxygens (including phenoxy) is 2. The molecule has 0 bridgehead atoms. The summed E-state index contributed by atoms with van der Waals surface area (Å²) in [4.78, 5) is 9.74. The molecule has 0 spiro atoms. The third-order valence-electron chi connectivity index (χ3n) is 1.40. The van der Waals surface area contributed by atoms with Crippen molar-refractivity contribution >= 4 is 6.16 Å². The molecule has 0 atom stereocenters. The van der Waals surface area contributed by atoms with Gasteiger partial charge in [0.2, 0.25) is 0 Å². The van der Waals surface area contributed by atoms with Gasteiger partial charge in [-0.15, -0.1) is 0 Å². The molecule has 0 heterocycles. The van der Waals surface area contributed by atoms with Crippen LogP contribution in [0, 0.1) is 0 Å². The standard InChI is InChI=1S/C6H14O2.C3H6O3/c7-5-3-1-2-4-6-8;1-5-3(4)6-2/h7-8H,1-6H2;1-2H3. The van der Waals surface area contributed by atoms with E-state index in [1.165, 1.54) is 14.2 Å². The van der Waals surface area contributed by atoms with Gasteiger partial charge in [0, 0.05) is 13.2 Å². The van der Waals surface area contributed by atoms with Crippen molar-refractivity contribution in [2.24, 2.45) is 0 Å². The zero-order valence-corrected chi connectivity index (χ0v) is 8.86. The molecule has 0 saturated carbocycles. The summed E-state index contributed by atoms with van der Waals surface area (Å²) in [5.74, 6) is 0. The molecular weight excluding hydrogens is 188 g/mol. The Kier molecular flexibility index (Phi) is 16.4. The van der Waals surface area contributed by atoms with E-state index in [1.807, 2.05) is 0 Å². The molecule has 14 heavy (non-hydrogen) atoms. The van der Waals surface area contributed by atoms with Gasteiger partial charge in [-0.3, -0.25) is 0 Å². The van der Waals surface area contributed by atoms with E-state index in [2.05, 4.69) is 9.47 Å². The van der Waals surface area contributed by atoms with E-state index < -0.39 is 6.16 Å². The minimum Gasteiger partial charge on any atom is -0.438 e. The van der Waals surface area contributed by atoms with E-state index in [1.54, 1.807) is 0 Å². The van der Waals surface area contributed by atoms with Crippen LogP contribution in [-0.2, 0) is 9.47 Å². The summed E-state index contributed by atoms with van der Waals surface area (Å²) in [5, 5.41) is 16.6. The van der Waals surface area contributed by atoms with Gasteiger partial charge >= 0.3 is 6.16 Å². The fraction of sp³-hybridized carbons (Fsp3) is 0.889. The molecular formula is C9H20O5. The molecule has 5 heteroatoms. The minimum absolute atomic E-state index is 0.283. The van der Waals surface area contributed by atoms with Crippen molar-refractivity contribution in [2.45, 2.75) is 25.7 Å². The summed E-state index contributed by atoms with van der Waals surface area (Å²) in [7, 11) is 2.51. The lowest BCUT2D eigenvalue weighted by atomic mass is 10.2. The highest BCUT2D eigenvalue weighted by molar-refractivity contribution is 5.59. The van der Waals surface area contributed by atoms with Crippen molar-refractivity contribution in [3.63, 3.8) is 0 Å². The van der Waals surface area contributed by atoms with Gasteiger partial charge in [0.1, 0.15) is 0 Å². The van der Waals surface area contributed by atoms with E-state index in [9.17, 15) is 4.79 Å². The fourth-order valence-electron chi connectivity index (χ4n) is 0.660. The van der Waals surface area contributed by atoms with Crippen molar-refractivity contribution in [1.82, 2.24) is 0 Å². The summed E-state index contributed by atoms with van der Waals surface area (Å²) < 4.78 is 8.08. The zero-order chi connectivity index (χ0) is 11.2. The van der Waals surface area contributed by atoms with Crippen LogP contribution >= 0.6 is 0 Å². The SMILES string of the molecule is COC(=O)OC.OCCCCCCO. The topological polar surface area (TPSA) is 76.0 Å². The summed E-state index contributed by atoms with van der Waals surface area (Å²) in [6.45, 7) is 0.566. The number of carbonyl (C=O) groups excluding carboxylic acids is 1. The lowest BCUT2D eigenvalue weighted by molar-refractivity contribution is 0.0924. The van der Waals surface area contributed by atoms with Gasteiger partial charge in [-0.05, 0) is 12.8 Å². The second kappa shape index (κ2) is 14.7. The highest BCUT2D eigenvalue weighted by Crippen LogP contribution is 1.96. The van der Waals surface area contributed by atoms with Gasteiger partial charge < -0.3 is 19.7 Å². The summed E-state index contributed by atoms with van der Waals surface area (Å²) in [6.07, 6.45) is 3.17. The van der Waals surface area contributed by atoms with Gasteiger partial charge in [0.15, 0.2) is 0 Å². The van der Waals surface area contributed by atoms with Crippen LogP contribution in [0.5, 0.6) is 0 Å². The van der Waals surface area contributed by atoms with E-state index in [4.69, 9.17) is 10.2 Å². The summed E-state index contributed by atoms with van der Waals surface area (Å²) in [6, 6.07) is 0. The maximum Gasteiger partial charge on any atom is 0.507 e. The summed E-state index contributed by atoms with van der Waals surface area (Å²) in [5.41, 5.74) is 0. The quantitative estimate of drug-likeness (QED) is 0.519. The number of methoxy groups -OCH3 is 2. The first-order valence-corrected chi connectivity index (χ1v) is 4.56. The first-order chi connectivity index (χ1) is 6.72. The van der Waals surface area contributed by atoms with Crippen LogP contribution in [0.25, 0.3) is 0 Å². The van der Waals surface area contributed by atoms with Crippen LogP contribution in [0.1, 0.15) is 25.7 Å². The molecule has 5 nitrogen and oxygen atoms in total. The first kappa shape index (κ1) is 15.7. The van der Waals surface area contributed by atoms with E-state index in [-0.39, 0.29) is 13.2 Å². The van der Waals surface area contributed by atoms with Gasteiger partial charge in [-0.2, -0.15) is 0 Å². The molecule has 0 aliphatic rings. The number of hydrogen-bond acceptors (Lipinski definition) is 5. The number of hydrogen-bond donors (Lipinski definition) is 2. The molecule has 0 saturated heterocycles. The van der Waals surface area contributed by atoms with Gasteiger partial charge in [0.05, 0.1) is 14.2 Å². The number of aliphatic hydroxyl groups is 2. The molecule has 0 aromatic rings. The molecule has 86 valence electrons. The molecule has 0 aliphatic carbocycles. The normalized spacial score (nSPS) is 8.57. The number of aliphatic hydroxyl groups excluding tert-OH is 2. The second-order valence-corrected chi connectivity index (χ2v) is 2.52. The summed E-state index contributed by atoms with van der Waals surface area (Å²) >= 11 is 0. The molecule has 0 radical (unpaired) electrons. The van der Waals surface area contributed by atoms with Crippen LogP contribution in [0.15, 0.2) is 0 Å². The Morgan fingerprint density at radius 1 is 0.929 bits per heavy atom. The smallest absolute Gasteiger partial charge is 0.438 e. The van der Waals surface area contributed by atoms with Crippen LogP contribution in [0.2, 0.25) is 0 Å². The van der Waals surface area contributed by atoms with E-state index >= 15 is 0 Å². The Labute approximate surface area is 84.6 Å². The van der Waals surface area contributed by atoms with Crippen molar-refractivity contribution in [1.29, 1.82) is 0 Å². The Bertz CT molecular complexity index is 104. The van der Waals surface area contributed by atoms with Crippen LogP contribution < -0.4 is 0 Å². The molecule has 0 rings (SSSR count). The van der Waals surface area contributed by atoms with Crippen LogP contribution in [-0.4, -0.2) is 43.8 Å². The second-order valence-electron chi connectivity index (χ2n) is 2.52. The van der Waals surface area contributed by atoms with Crippen molar-refractivity contribution in [3.05, 3.63) is 0 Å². The molecule has 0 aromatic carbocycles.